The first-order valence-electron chi connectivity index (χ1n) is 6.03. The predicted octanol–water partition coefficient (Wildman–Crippen LogP) is 2.81. The lowest BCUT2D eigenvalue weighted by Gasteiger charge is -2.07. The number of halogens is 6. The van der Waals surface area contributed by atoms with Gasteiger partial charge in [-0.2, -0.15) is 22.8 Å². The molecule has 2 heterocycles. The summed E-state index contributed by atoms with van der Waals surface area (Å²) in [6.45, 7) is 0. The lowest BCUT2D eigenvalue weighted by atomic mass is 10.0. The van der Waals surface area contributed by atoms with Gasteiger partial charge in [-0.05, 0) is 17.7 Å². The largest absolute Gasteiger partial charge is 0.435 e. The number of hydrogen-bond donors (Lipinski definition) is 2. The van der Waals surface area contributed by atoms with Crippen LogP contribution < -0.4 is 5.69 Å². The molecule has 0 unspecified atom stereocenters. The molecule has 1 aromatic carbocycles. The molecule has 0 spiro atoms. The van der Waals surface area contributed by atoms with Crippen LogP contribution in [-0.4, -0.2) is 19.6 Å². The maximum Gasteiger partial charge on any atom is 0.435 e. The zero-order chi connectivity index (χ0) is 17.8. The first kappa shape index (κ1) is 16.4. The van der Waals surface area contributed by atoms with Crippen LogP contribution in [0.25, 0.3) is 16.8 Å². The molecule has 0 radical (unpaired) electrons. The number of hydrogen-bond acceptors (Lipinski definition) is 4. The minimum Gasteiger partial charge on any atom is -0.285 e. The van der Waals surface area contributed by atoms with Gasteiger partial charge in [-0.3, -0.25) is 4.98 Å². The van der Waals surface area contributed by atoms with Crippen LogP contribution >= 0.6 is 12.6 Å². The van der Waals surface area contributed by atoms with Crippen molar-refractivity contribution in [2.45, 2.75) is 11.3 Å². The Balaban J connectivity index is 2.48. The monoisotopic (exact) mass is 366 g/mol. The Kier molecular flexibility index (Phi) is 3.59. The van der Waals surface area contributed by atoms with Crippen molar-refractivity contribution in [3.05, 3.63) is 45.8 Å². The summed E-state index contributed by atoms with van der Waals surface area (Å²) >= 11 is 3.73. The average molecular weight is 366 g/mol. The summed E-state index contributed by atoms with van der Waals surface area (Å²) in [7, 11) is 0. The van der Waals surface area contributed by atoms with E-state index in [1.54, 1.807) is 0 Å². The van der Waals surface area contributed by atoms with Gasteiger partial charge < -0.3 is 0 Å². The third-order valence-electron chi connectivity index (χ3n) is 3.02. The molecule has 0 bridgehead atoms. The van der Waals surface area contributed by atoms with Crippen LogP contribution in [0.4, 0.5) is 26.3 Å². The van der Waals surface area contributed by atoms with Crippen LogP contribution in [0.3, 0.4) is 0 Å². The maximum absolute atomic E-state index is 13.4. The smallest absolute Gasteiger partial charge is 0.285 e. The van der Waals surface area contributed by atoms with E-state index in [-0.39, 0.29) is 9.67 Å². The van der Waals surface area contributed by atoms with E-state index >= 15 is 0 Å². The highest BCUT2D eigenvalue weighted by Crippen LogP contribution is 2.38. The van der Waals surface area contributed by atoms with Crippen molar-refractivity contribution in [3.63, 3.8) is 0 Å². The number of rotatable bonds is 1. The number of H-pyrrole nitrogens is 1. The molecule has 5 nitrogen and oxygen atoms in total. The standard InChI is InChI=1S/C12H4F6N4OS/c13-4-1-3(2-5(14)7(4)15)6-8(12(16,17)18)21-22-9(6)19-10(24)20-11(22)23/h1-2H,(H2,19,20,23,24). The number of alkyl halides is 3. The first-order valence-corrected chi connectivity index (χ1v) is 6.48. The van der Waals surface area contributed by atoms with E-state index in [9.17, 15) is 31.1 Å². The zero-order valence-electron chi connectivity index (χ0n) is 11.1. The molecule has 0 saturated carbocycles. The van der Waals surface area contributed by atoms with Crippen molar-refractivity contribution in [2.75, 3.05) is 0 Å². The molecule has 0 saturated heterocycles. The molecule has 0 fully saturated rings. The van der Waals surface area contributed by atoms with Gasteiger partial charge >= 0.3 is 11.9 Å². The summed E-state index contributed by atoms with van der Waals surface area (Å²) in [6.07, 6.45) is -5.06. The van der Waals surface area contributed by atoms with E-state index < -0.39 is 51.8 Å². The van der Waals surface area contributed by atoms with Crippen molar-refractivity contribution in [3.8, 4) is 11.1 Å². The molecule has 1 N–H and O–H groups in total. The highest BCUT2D eigenvalue weighted by atomic mass is 32.1. The molecule has 0 aliphatic carbocycles. The third-order valence-corrected chi connectivity index (χ3v) is 3.24. The molecule has 24 heavy (non-hydrogen) atoms. The van der Waals surface area contributed by atoms with Crippen LogP contribution in [0, 0.1) is 17.5 Å². The average Bonchev–Trinajstić information content (AvgIpc) is 2.84. The predicted molar refractivity (Wildman–Crippen MR) is 71.2 cm³/mol. The summed E-state index contributed by atoms with van der Waals surface area (Å²) in [5.74, 6) is -5.24. The van der Waals surface area contributed by atoms with Crippen molar-refractivity contribution in [1.29, 1.82) is 0 Å². The van der Waals surface area contributed by atoms with Gasteiger partial charge in [-0.25, -0.2) is 22.9 Å². The summed E-state index contributed by atoms with van der Waals surface area (Å²) < 4.78 is 79.7. The summed E-state index contributed by atoms with van der Waals surface area (Å²) in [5, 5.41) is 2.75. The third kappa shape index (κ3) is 2.52. The second-order valence-electron chi connectivity index (χ2n) is 4.58. The molecule has 0 aliphatic heterocycles. The van der Waals surface area contributed by atoms with E-state index in [2.05, 4.69) is 22.7 Å². The molecule has 12 heteroatoms. The minimum absolute atomic E-state index is 0.275. The normalized spacial score (nSPS) is 12.1. The Labute approximate surface area is 133 Å². The van der Waals surface area contributed by atoms with Gasteiger partial charge in [0, 0.05) is 0 Å². The van der Waals surface area contributed by atoms with Gasteiger partial charge in [0.2, 0.25) is 0 Å². The number of benzene rings is 1. The maximum atomic E-state index is 13.4. The zero-order valence-corrected chi connectivity index (χ0v) is 12.0. The Morgan fingerprint density at radius 2 is 1.71 bits per heavy atom. The number of nitrogens with zero attached hydrogens (tertiary/aromatic N) is 3. The van der Waals surface area contributed by atoms with E-state index in [1.165, 1.54) is 0 Å². The van der Waals surface area contributed by atoms with Gasteiger partial charge in [0.25, 0.3) is 0 Å². The van der Waals surface area contributed by atoms with Gasteiger partial charge in [0.1, 0.15) is 0 Å². The summed E-state index contributed by atoms with van der Waals surface area (Å²) in [4.78, 5) is 17.3. The van der Waals surface area contributed by atoms with Gasteiger partial charge in [-0.15, -0.1) is 12.6 Å². The number of nitrogens with one attached hydrogen (secondary N) is 1. The number of aromatic nitrogens is 4. The highest BCUT2D eigenvalue weighted by Gasteiger charge is 2.39. The molecule has 3 aromatic rings. The van der Waals surface area contributed by atoms with E-state index in [1.807, 2.05) is 4.98 Å². The van der Waals surface area contributed by atoms with Crippen LogP contribution in [0.5, 0.6) is 0 Å². The Morgan fingerprint density at radius 1 is 1.12 bits per heavy atom. The number of thiol groups is 1. The van der Waals surface area contributed by atoms with Crippen LogP contribution in [-0.2, 0) is 6.18 Å². The molecule has 0 aliphatic rings. The fraction of sp³-hybridized carbons (Fsp3) is 0.0833. The second kappa shape index (κ2) is 5.26. The number of aromatic amines is 1. The molecular formula is C12H4F6N4OS. The minimum atomic E-state index is -5.06. The molecule has 2 aromatic heterocycles. The van der Waals surface area contributed by atoms with Crippen molar-refractivity contribution in [2.24, 2.45) is 0 Å². The summed E-state index contributed by atoms with van der Waals surface area (Å²) in [5.41, 5.74) is -4.89. The Hall–Kier alpha value is -2.50. The van der Waals surface area contributed by atoms with Crippen molar-refractivity contribution in [1.82, 2.24) is 19.6 Å². The summed E-state index contributed by atoms with van der Waals surface area (Å²) in [6, 6.07) is 0.706. The van der Waals surface area contributed by atoms with Crippen molar-refractivity contribution >= 4 is 18.3 Å². The van der Waals surface area contributed by atoms with Crippen molar-refractivity contribution < 1.29 is 26.3 Å². The second-order valence-corrected chi connectivity index (χ2v) is 5.00. The Bertz CT molecular complexity index is 1000. The lowest BCUT2D eigenvalue weighted by molar-refractivity contribution is -0.140. The molecular weight excluding hydrogens is 362 g/mol. The van der Waals surface area contributed by atoms with Crippen LogP contribution in [0.2, 0.25) is 0 Å². The van der Waals surface area contributed by atoms with E-state index in [0.29, 0.717) is 12.1 Å². The Morgan fingerprint density at radius 3 is 2.25 bits per heavy atom. The highest BCUT2D eigenvalue weighted by molar-refractivity contribution is 7.80. The van der Waals surface area contributed by atoms with Gasteiger partial charge in [0.05, 0.1) is 5.56 Å². The quantitative estimate of drug-likeness (QED) is 0.396. The first-order chi connectivity index (χ1) is 11.1. The fourth-order valence-electron chi connectivity index (χ4n) is 2.09. The van der Waals surface area contributed by atoms with E-state index in [4.69, 9.17) is 0 Å². The molecule has 0 amide bonds. The van der Waals surface area contributed by atoms with Gasteiger partial charge in [0.15, 0.2) is 33.9 Å². The fourth-order valence-corrected chi connectivity index (χ4v) is 2.29. The van der Waals surface area contributed by atoms with E-state index in [0.717, 1.165) is 0 Å². The van der Waals surface area contributed by atoms with Crippen LogP contribution in [0.15, 0.2) is 22.1 Å². The SMILES string of the molecule is O=c1[nH]c(S)nc2c(-c3cc(F)c(F)c(F)c3)c(C(F)(F)F)nn12. The molecule has 126 valence electrons. The van der Waals surface area contributed by atoms with Gasteiger partial charge in [-0.1, -0.05) is 0 Å². The molecule has 0 atom stereocenters. The number of fused-ring (bicyclic) bond motifs is 1. The topological polar surface area (TPSA) is 63.0 Å². The molecule has 3 rings (SSSR count). The van der Waals surface area contributed by atoms with Crippen LogP contribution in [0.1, 0.15) is 5.69 Å². The lowest BCUT2D eigenvalue weighted by Crippen LogP contribution is -2.19.